The van der Waals surface area contributed by atoms with E-state index in [0.29, 0.717) is 18.9 Å². The van der Waals surface area contributed by atoms with Crippen LogP contribution in [0.3, 0.4) is 0 Å². The van der Waals surface area contributed by atoms with Crippen molar-refractivity contribution < 1.29 is 9.59 Å². The quantitative estimate of drug-likeness (QED) is 0.880. The van der Waals surface area contributed by atoms with Gasteiger partial charge in [-0.3, -0.25) is 14.5 Å². The van der Waals surface area contributed by atoms with Gasteiger partial charge in [0.25, 0.3) is 0 Å². The zero-order valence-electron chi connectivity index (χ0n) is 16.3. The van der Waals surface area contributed by atoms with Gasteiger partial charge >= 0.3 is 0 Å². The van der Waals surface area contributed by atoms with Gasteiger partial charge in [-0.25, -0.2) is 0 Å². The highest BCUT2D eigenvalue weighted by Gasteiger charge is 2.44. The van der Waals surface area contributed by atoms with Crippen LogP contribution in [0.25, 0.3) is 0 Å². The Balaban J connectivity index is 1.48. The second-order valence-corrected chi connectivity index (χ2v) is 7.93. The minimum Gasteiger partial charge on any atom is -0.340 e. The summed E-state index contributed by atoms with van der Waals surface area (Å²) < 4.78 is 0. The molecular weight excluding hydrogens is 326 g/mol. The van der Waals surface area contributed by atoms with Crippen molar-refractivity contribution in [1.82, 2.24) is 9.80 Å². The maximum Gasteiger partial charge on any atom is 0.238 e. The third kappa shape index (κ3) is 3.93. The highest BCUT2D eigenvalue weighted by molar-refractivity contribution is 5.92. The van der Waals surface area contributed by atoms with Gasteiger partial charge in [0.05, 0.1) is 6.54 Å². The van der Waals surface area contributed by atoms with E-state index in [-0.39, 0.29) is 17.4 Å². The Morgan fingerprint density at radius 3 is 2.38 bits per heavy atom. The summed E-state index contributed by atoms with van der Waals surface area (Å²) in [4.78, 5) is 28.4. The highest BCUT2D eigenvalue weighted by atomic mass is 16.2. The topological polar surface area (TPSA) is 52.7 Å². The van der Waals surface area contributed by atoms with E-state index in [1.807, 2.05) is 24.1 Å². The van der Waals surface area contributed by atoms with E-state index in [9.17, 15) is 9.59 Å². The highest BCUT2D eigenvalue weighted by Crippen LogP contribution is 2.37. The SMILES string of the molecule is CCC(C)c1ccc(NC(=O)CN2CCC3(CCC(=O)N3C)CC2)cc1. The van der Waals surface area contributed by atoms with Crippen molar-refractivity contribution in [3.8, 4) is 0 Å². The number of amides is 2. The monoisotopic (exact) mass is 357 g/mol. The summed E-state index contributed by atoms with van der Waals surface area (Å²) in [6.45, 7) is 6.56. The first-order valence-corrected chi connectivity index (χ1v) is 9.82. The molecule has 0 aromatic heterocycles. The Labute approximate surface area is 156 Å². The Hall–Kier alpha value is -1.88. The molecule has 2 amide bonds. The first-order valence-electron chi connectivity index (χ1n) is 9.82. The Bertz CT molecular complexity index is 648. The lowest BCUT2D eigenvalue weighted by atomic mass is 9.85. The van der Waals surface area contributed by atoms with Crippen LogP contribution in [0.5, 0.6) is 0 Å². The predicted molar refractivity (Wildman–Crippen MR) is 104 cm³/mol. The molecule has 0 radical (unpaired) electrons. The van der Waals surface area contributed by atoms with Crippen LogP contribution < -0.4 is 5.32 Å². The average Bonchev–Trinajstić information content (AvgIpc) is 2.92. The van der Waals surface area contributed by atoms with Gasteiger partial charge in [0.1, 0.15) is 0 Å². The maximum atomic E-state index is 12.4. The van der Waals surface area contributed by atoms with Crippen LogP contribution in [-0.4, -0.2) is 53.8 Å². The van der Waals surface area contributed by atoms with Crippen LogP contribution in [0, 0.1) is 0 Å². The fourth-order valence-corrected chi connectivity index (χ4v) is 4.19. The Morgan fingerprint density at radius 1 is 1.19 bits per heavy atom. The summed E-state index contributed by atoms with van der Waals surface area (Å²) in [7, 11) is 1.93. The molecule has 0 aliphatic carbocycles. The van der Waals surface area contributed by atoms with E-state index in [4.69, 9.17) is 0 Å². The zero-order valence-corrected chi connectivity index (χ0v) is 16.3. The van der Waals surface area contributed by atoms with Crippen molar-refractivity contribution in [1.29, 1.82) is 0 Å². The van der Waals surface area contributed by atoms with Crippen molar-refractivity contribution in [2.75, 3.05) is 32.0 Å². The number of nitrogens with zero attached hydrogens (tertiary/aromatic N) is 2. The van der Waals surface area contributed by atoms with Crippen LogP contribution in [-0.2, 0) is 9.59 Å². The number of carbonyl (C=O) groups is 2. The number of hydrogen-bond acceptors (Lipinski definition) is 3. The second-order valence-electron chi connectivity index (χ2n) is 7.93. The molecule has 26 heavy (non-hydrogen) atoms. The molecule has 1 aromatic rings. The number of rotatable bonds is 5. The number of hydrogen-bond donors (Lipinski definition) is 1. The first kappa shape index (κ1) is 18.9. The normalized spacial score (nSPS) is 21.2. The van der Waals surface area contributed by atoms with E-state index >= 15 is 0 Å². The average molecular weight is 357 g/mol. The molecule has 1 atom stereocenters. The lowest BCUT2D eigenvalue weighted by Crippen LogP contribution is -2.52. The van der Waals surface area contributed by atoms with Gasteiger partial charge in [0.2, 0.25) is 11.8 Å². The molecule has 5 nitrogen and oxygen atoms in total. The minimum atomic E-state index is 0.0353. The molecule has 1 N–H and O–H groups in total. The van der Waals surface area contributed by atoms with Gasteiger partial charge in [0.15, 0.2) is 0 Å². The summed E-state index contributed by atoms with van der Waals surface area (Å²) in [5.41, 5.74) is 2.20. The summed E-state index contributed by atoms with van der Waals surface area (Å²) >= 11 is 0. The van der Waals surface area contributed by atoms with Crippen molar-refractivity contribution in [3.05, 3.63) is 29.8 Å². The number of likely N-dealkylation sites (tertiary alicyclic amines) is 2. The number of piperidine rings is 1. The van der Waals surface area contributed by atoms with Crippen molar-refractivity contribution in [3.63, 3.8) is 0 Å². The summed E-state index contributed by atoms with van der Waals surface area (Å²) in [5, 5.41) is 3.01. The number of nitrogens with one attached hydrogen (secondary N) is 1. The third-order valence-electron chi connectivity index (χ3n) is 6.42. The summed E-state index contributed by atoms with van der Waals surface area (Å²) in [6, 6.07) is 8.18. The first-order chi connectivity index (χ1) is 12.4. The van der Waals surface area contributed by atoms with Gasteiger partial charge in [-0.2, -0.15) is 0 Å². The molecule has 3 rings (SSSR count). The van der Waals surface area contributed by atoms with E-state index in [2.05, 4.69) is 36.2 Å². The predicted octanol–water partition coefficient (Wildman–Crippen LogP) is 3.23. The third-order valence-corrected chi connectivity index (χ3v) is 6.42. The molecule has 0 saturated carbocycles. The minimum absolute atomic E-state index is 0.0353. The van der Waals surface area contributed by atoms with Crippen LogP contribution in [0.1, 0.15) is 57.4 Å². The lowest BCUT2D eigenvalue weighted by molar-refractivity contribution is -0.131. The lowest BCUT2D eigenvalue weighted by Gasteiger charge is -2.43. The molecule has 5 heteroatoms. The van der Waals surface area contributed by atoms with Crippen molar-refractivity contribution in [2.45, 2.75) is 57.4 Å². The van der Waals surface area contributed by atoms with Gasteiger partial charge in [-0.15, -0.1) is 0 Å². The number of anilines is 1. The molecule has 1 spiro atoms. The number of benzene rings is 1. The molecule has 1 aromatic carbocycles. The van der Waals surface area contributed by atoms with Gasteiger partial charge < -0.3 is 10.2 Å². The second kappa shape index (κ2) is 7.78. The zero-order chi connectivity index (χ0) is 18.7. The molecule has 0 bridgehead atoms. The molecule has 2 aliphatic rings. The Kier molecular flexibility index (Phi) is 5.66. The largest absolute Gasteiger partial charge is 0.340 e. The van der Waals surface area contributed by atoms with Crippen LogP contribution >= 0.6 is 0 Å². The molecule has 2 saturated heterocycles. The Morgan fingerprint density at radius 2 is 1.85 bits per heavy atom. The molecule has 2 aliphatic heterocycles. The fourth-order valence-electron chi connectivity index (χ4n) is 4.19. The maximum absolute atomic E-state index is 12.4. The molecule has 1 unspecified atom stereocenters. The molecule has 2 fully saturated rings. The standard InChI is InChI=1S/C21H31N3O2/c1-4-16(2)17-5-7-18(8-6-17)22-19(25)15-24-13-11-21(12-14-24)10-9-20(26)23(21)3/h5-8,16H,4,9-15H2,1-3H3,(H,22,25). The van der Waals surface area contributed by atoms with Crippen molar-refractivity contribution >= 4 is 17.5 Å². The van der Waals surface area contributed by atoms with E-state index in [1.165, 1.54) is 5.56 Å². The van der Waals surface area contributed by atoms with Crippen LogP contribution in [0.2, 0.25) is 0 Å². The van der Waals surface area contributed by atoms with Gasteiger partial charge in [-0.1, -0.05) is 26.0 Å². The van der Waals surface area contributed by atoms with Crippen LogP contribution in [0.15, 0.2) is 24.3 Å². The summed E-state index contributed by atoms with van der Waals surface area (Å²) in [6.07, 6.45) is 4.68. The van der Waals surface area contributed by atoms with E-state index in [1.54, 1.807) is 0 Å². The molecule has 2 heterocycles. The van der Waals surface area contributed by atoms with Crippen LogP contribution in [0.4, 0.5) is 5.69 Å². The number of carbonyl (C=O) groups excluding carboxylic acids is 2. The smallest absolute Gasteiger partial charge is 0.238 e. The fraction of sp³-hybridized carbons (Fsp3) is 0.619. The van der Waals surface area contributed by atoms with Crippen molar-refractivity contribution in [2.24, 2.45) is 0 Å². The van der Waals surface area contributed by atoms with Gasteiger partial charge in [0, 0.05) is 37.8 Å². The molecular formula is C21H31N3O2. The molecule has 142 valence electrons. The van der Waals surface area contributed by atoms with E-state index < -0.39 is 0 Å². The summed E-state index contributed by atoms with van der Waals surface area (Å²) in [5.74, 6) is 0.839. The van der Waals surface area contributed by atoms with E-state index in [0.717, 1.165) is 44.5 Å². The van der Waals surface area contributed by atoms with Gasteiger partial charge in [-0.05, 0) is 49.3 Å².